The minimum Gasteiger partial charge on any atom is -0.466 e. The normalized spacial score (nSPS) is 18.6. The van der Waals surface area contributed by atoms with Crippen LogP contribution in [0.2, 0.25) is 0 Å². The molecule has 8 nitrogen and oxygen atoms in total. The summed E-state index contributed by atoms with van der Waals surface area (Å²) in [6, 6.07) is 0. The van der Waals surface area contributed by atoms with Gasteiger partial charge >= 0.3 is 11.9 Å². The molecule has 8 heteroatoms. The predicted octanol–water partition coefficient (Wildman–Crippen LogP) is 3.49. The zero-order chi connectivity index (χ0) is 26.4. The molecular weight excluding hydrogens is 456 g/mol. The van der Waals surface area contributed by atoms with Gasteiger partial charge in [0.2, 0.25) is 0 Å². The molecule has 0 bridgehead atoms. The van der Waals surface area contributed by atoms with Gasteiger partial charge in [-0.25, -0.2) is 0 Å². The van der Waals surface area contributed by atoms with E-state index in [1.54, 1.807) is 0 Å². The molecule has 1 aliphatic heterocycles. The number of esters is 2. The maximum atomic E-state index is 12.0. The highest BCUT2D eigenvalue weighted by atomic mass is 16.5. The molecule has 0 aromatic carbocycles. The van der Waals surface area contributed by atoms with Gasteiger partial charge in [-0.15, -0.1) is 0 Å². The van der Waals surface area contributed by atoms with Crippen LogP contribution >= 0.6 is 0 Å². The average Bonchev–Trinajstić information content (AvgIpc) is 2.86. The van der Waals surface area contributed by atoms with Crippen LogP contribution in [0.25, 0.3) is 0 Å². The number of nitrogens with zero attached hydrogens (tertiary/aromatic N) is 4. The molecule has 0 N–H and O–H groups in total. The van der Waals surface area contributed by atoms with E-state index in [-0.39, 0.29) is 11.9 Å². The van der Waals surface area contributed by atoms with E-state index in [1.165, 1.54) is 38.8 Å². The summed E-state index contributed by atoms with van der Waals surface area (Å²) in [5.41, 5.74) is 0. The molecule has 1 aliphatic rings. The van der Waals surface area contributed by atoms with Crippen LogP contribution in [0.15, 0.2) is 0 Å². The zero-order valence-corrected chi connectivity index (χ0v) is 24.0. The fourth-order valence-electron chi connectivity index (χ4n) is 4.67. The monoisotopic (exact) mass is 512 g/mol. The van der Waals surface area contributed by atoms with Gasteiger partial charge in [0.15, 0.2) is 0 Å². The van der Waals surface area contributed by atoms with Gasteiger partial charge in [-0.3, -0.25) is 9.59 Å². The van der Waals surface area contributed by atoms with E-state index < -0.39 is 0 Å². The molecule has 0 radical (unpaired) electrons. The molecule has 0 aromatic heterocycles. The smallest absolute Gasteiger partial charge is 0.307 e. The van der Waals surface area contributed by atoms with Crippen molar-refractivity contribution in [2.75, 3.05) is 91.8 Å². The largest absolute Gasteiger partial charge is 0.466 e. The first-order valence-corrected chi connectivity index (χ1v) is 14.7. The number of rotatable bonds is 14. The fourth-order valence-corrected chi connectivity index (χ4v) is 4.67. The van der Waals surface area contributed by atoms with Gasteiger partial charge in [-0.1, -0.05) is 26.7 Å². The second-order valence-corrected chi connectivity index (χ2v) is 9.89. The first kappa shape index (κ1) is 32.8. The molecule has 0 amide bonds. The number of hydrogen-bond donors (Lipinski definition) is 0. The van der Waals surface area contributed by atoms with Crippen LogP contribution in [0.5, 0.6) is 0 Å². The van der Waals surface area contributed by atoms with Crippen molar-refractivity contribution in [2.45, 2.75) is 79.1 Å². The Morgan fingerprint density at radius 3 is 1.17 bits per heavy atom. The Labute approximate surface area is 221 Å². The van der Waals surface area contributed by atoms with Crippen molar-refractivity contribution in [1.29, 1.82) is 0 Å². The van der Waals surface area contributed by atoms with Crippen molar-refractivity contribution in [1.82, 2.24) is 19.6 Å². The molecule has 1 heterocycles. The summed E-state index contributed by atoms with van der Waals surface area (Å²) < 4.78 is 10.3. The van der Waals surface area contributed by atoms with E-state index in [4.69, 9.17) is 9.47 Å². The van der Waals surface area contributed by atoms with Crippen LogP contribution in [-0.2, 0) is 19.1 Å². The average molecular weight is 513 g/mol. The van der Waals surface area contributed by atoms with Gasteiger partial charge < -0.3 is 29.1 Å². The standard InChI is InChI=1S/C28H56N4O4/c1-5-9-15-29-17-11-19-31(21-13-27(33)35-7-3)25-26-32(22-14-28(34)36-8-4)20-12-18-30(24-23-29)16-10-6-2/h5-26H2,1-4H3. The van der Waals surface area contributed by atoms with E-state index in [0.717, 1.165) is 78.3 Å². The summed E-state index contributed by atoms with van der Waals surface area (Å²) in [5, 5.41) is 0. The van der Waals surface area contributed by atoms with Gasteiger partial charge in [-0.05, 0) is 78.8 Å². The van der Waals surface area contributed by atoms with Crippen LogP contribution in [-0.4, -0.2) is 123 Å². The van der Waals surface area contributed by atoms with Crippen molar-refractivity contribution in [3.63, 3.8) is 0 Å². The summed E-state index contributed by atoms with van der Waals surface area (Å²) in [6.07, 6.45) is 8.01. The Morgan fingerprint density at radius 2 is 0.861 bits per heavy atom. The van der Waals surface area contributed by atoms with E-state index in [1.807, 2.05) is 13.8 Å². The summed E-state index contributed by atoms with van der Waals surface area (Å²) in [7, 11) is 0. The molecule has 36 heavy (non-hydrogen) atoms. The molecule has 1 fully saturated rings. The molecule has 0 unspecified atom stereocenters. The van der Waals surface area contributed by atoms with Crippen LogP contribution in [0.4, 0.5) is 0 Å². The molecular formula is C28H56N4O4. The number of hydrogen-bond acceptors (Lipinski definition) is 8. The lowest BCUT2D eigenvalue weighted by atomic mass is 10.2. The number of carbonyl (C=O) groups excluding carboxylic acids is 2. The minimum atomic E-state index is -0.118. The molecule has 0 atom stereocenters. The summed E-state index contributed by atoms with van der Waals surface area (Å²) in [4.78, 5) is 34.1. The van der Waals surface area contributed by atoms with Gasteiger partial charge in [0, 0.05) is 39.3 Å². The first-order valence-electron chi connectivity index (χ1n) is 14.7. The summed E-state index contributed by atoms with van der Waals surface area (Å²) in [5.74, 6) is -0.236. The van der Waals surface area contributed by atoms with Crippen molar-refractivity contribution >= 4 is 11.9 Å². The van der Waals surface area contributed by atoms with E-state index in [9.17, 15) is 9.59 Å². The summed E-state index contributed by atoms with van der Waals surface area (Å²) >= 11 is 0. The topological polar surface area (TPSA) is 65.6 Å². The molecule has 1 saturated heterocycles. The predicted molar refractivity (Wildman–Crippen MR) is 147 cm³/mol. The first-order chi connectivity index (χ1) is 17.5. The highest BCUT2D eigenvalue weighted by molar-refractivity contribution is 5.69. The van der Waals surface area contributed by atoms with Crippen molar-refractivity contribution in [2.24, 2.45) is 0 Å². The van der Waals surface area contributed by atoms with Gasteiger partial charge in [0.25, 0.3) is 0 Å². The third-order valence-electron chi connectivity index (χ3n) is 6.89. The highest BCUT2D eigenvalue weighted by Crippen LogP contribution is 2.07. The Balaban J connectivity index is 2.84. The molecule has 0 spiro atoms. The maximum Gasteiger partial charge on any atom is 0.307 e. The number of ether oxygens (including phenoxy) is 2. The molecule has 0 aliphatic carbocycles. The minimum absolute atomic E-state index is 0.118. The maximum absolute atomic E-state index is 12.0. The summed E-state index contributed by atoms with van der Waals surface area (Å²) in [6.45, 7) is 21.1. The molecule has 212 valence electrons. The van der Waals surface area contributed by atoms with Crippen molar-refractivity contribution in [3.05, 3.63) is 0 Å². The van der Waals surface area contributed by atoms with Crippen LogP contribution in [0.1, 0.15) is 79.1 Å². The van der Waals surface area contributed by atoms with Gasteiger partial charge in [0.1, 0.15) is 0 Å². The van der Waals surface area contributed by atoms with Crippen molar-refractivity contribution < 1.29 is 19.1 Å². The molecule has 0 aromatic rings. The van der Waals surface area contributed by atoms with E-state index >= 15 is 0 Å². The highest BCUT2D eigenvalue weighted by Gasteiger charge is 2.16. The lowest BCUT2D eigenvalue weighted by Gasteiger charge is -2.32. The Morgan fingerprint density at radius 1 is 0.528 bits per heavy atom. The van der Waals surface area contributed by atoms with Crippen LogP contribution in [0, 0.1) is 0 Å². The quantitative estimate of drug-likeness (QED) is 0.328. The Kier molecular flexibility index (Phi) is 19.9. The van der Waals surface area contributed by atoms with E-state index in [2.05, 4.69) is 33.4 Å². The second-order valence-electron chi connectivity index (χ2n) is 9.89. The molecule has 0 saturated carbocycles. The number of carbonyl (C=O) groups is 2. The number of unbranched alkanes of at least 4 members (excludes halogenated alkanes) is 2. The third-order valence-corrected chi connectivity index (χ3v) is 6.89. The van der Waals surface area contributed by atoms with Crippen molar-refractivity contribution in [3.8, 4) is 0 Å². The SMILES string of the molecule is CCCCN1CCCN(CCC(=O)OCC)CCN(CCC(=O)OCC)CCCN(CCCC)CC1. The van der Waals surface area contributed by atoms with Gasteiger partial charge in [0.05, 0.1) is 26.1 Å². The lowest BCUT2D eigenvalue weighted by Crippen LogP contribution is -2.42. The lowest BCUT2D eigenvalue weighted by molar-refractivity contribution is -0.144. The van der Waals surface area contributed by atoms with Gasteiger partial charge in [-0.2, -0.15) is 0 Å². The Bertz CT molecular complexity index is 516. The Hall–Kier alpha value is -1.22. The molecule has 1 rings (SSSR count). The zero-order valence-electron chi connectivity index (χ0n) is 24.0. The van der Waals surface area contributed by atoms with Crippen LogP contribution < -0.4 is 0 Å². The third kappa shape index (κ3) is 16.5. The van der Waals surface area contributed by atoms with E-state index in [0.29, 0.717) is 26.1 Å². The van der Waals surface area contributed by atoms with Crippen LogP contribution in [0.3, 0.4) is 0 Å². The fraction of sp³-hybridized carbons (Fsp3) is 0.929. The second kappa shape index (κ2) is 21.8.